The van der Waals surface area contributed by atoms with E-state index in [1.807, 2.05) is 30.3 Å². The van der Waals surface area contributed by atoms with Crippen molar-refractivity contribution in [2.24, 2.45) is 0 Å². The first kappa shape index (κ1) is 20.3. The second-order valence-electron chi connectivity index (χ2n) is 5.82. The fourth-order valence-electron chi connectivity index (χ4n) is 2.41. The quantitative estimate of drug-likeness (QED) is 0.538. The molecule has 0 aliphatic heterocycles. The Hall–Kier alpha value is -2.41. The third-order valence-electron chi connectivity index (χ3n) is 3.87. The average Bonchev–Trinajstić information content (AvgIpc) is 2.70. The molecule has 8 heteroatoms. The molecule has 0 unspecified atom stereocenters. The first-order valence-corrected chi connectivity index (χ1v) is 10.5. The normalized spacial score (nSPS) is 11.1. The molecule has 0 bridgehead atoms. The number of nitrogens with one attached hydrogen (secondary N) is 1. The van der Waals surface area contributed by atoms with E-state index in [1.165, 1.54) is 31.4 Å². The van der Waals surface area contributed by atoms with E-state index in [4.69, 9.17) is 32.7 Å². The molecule has 3 aromatic carbocycles. The largest absolute Gasteiger partial charge is 0.497 e. The molecule has 0 saturated heterocycles. The summed E-state index contributed by atoms with van der Waals surface area (Å²) in [6, 6.07) is 18.4. The summed E-state index contributed by atoms with van der Waals surface area (Å²) in [7, 11) is -2.34. The Morgan fingerprint density at radius 3 is 2.25 bits per heavy atom. The van der Waals surface area contributed by atoms with Crippen LogP contribution in [0.4, 0.5) is 5.69 Å². The van der Waals surface area contributed by atoms with E-state index in [2.05, 4.69) is 4.72 Å². The number of rotatable bonds is 7. The van der Waals surface area contributed by atoms with Crippen molar-refractivity contribution in [1.29, 1.82) is 0 Å². The number of sulfonamides is 1. The van der Waals surface area contributed by atoms with Gasteiger partial charge in [0.05, 0.1) is 27.7 Å². The molecule has 0 amide bonds. The highest BCUT2D eigenvalue weighted by Crippen LogP contribution is 2.36. The Balaban J connectivity index is 1.82. The molecule has 5 nitrogen and oxygen atoms in total. The fourth-order valence-corrected chi connectivity index (χ4v) is 4.02. The van der Waals surface area contributed by atoms with E-state index in [1.54, 1.807) is 12.1 Å². The highest BCUT2D eigenvalue weighted by Gasteiger charge is 2.18. The van der Waals surface area contributed by atoms with Crippen LogP contribution in [0.5, 0.6) is 11.5 Å². The molecule has 0 fully saturated rings. The summed E-state index contributed by atoms with van der Waals surface area (Å²) in [4.78, 5) is 0.0751. The van der Waals surface area contributed by atoms with Crippen LogP contribution in [0.1, 0.15) is 5.56 Å². The van der Waals surface area contributed by atoms with Gasteiger partial charge in [0.15, 0.2) is 0 Å². The Morgan fingerprint density at radius 1 is 0.929 bits per heavy atom. The lowest BCUT2D eigenvalue weighted by molar-refractivity contribution is 0.306. The zero-order valence-corrected chi connectivity index (χ0v) is 17.2. The van der Waals surface area contributed by atoms with Gasteiger partial charge in [0.1, 0.15) is 18.1 Å². The minimum absolute atomic E-state index is 0.0751. The van der Waals surface area contributed by atoms with Crippen molar-refractivity contribution < 1.29 is 17.9 Å². The average molecular weight is 438 g/mol. The molecule has 0 saturated carbocycles. The molecule has 3 rings (SSSR count). The van der Waals surface area contributed by atoms with E-state index in [9.17, 15) is 8.42 Å². The first-order valence-electron chi connectivity index (χ1n) is 8.22. The molecule has 28 heavy (non-hydrogen) atoms. The van der Waals surface area contributed by atoms with Crippen LogP contribution in [0.2, 0.25) is 10.0 Å². The summed E-state index contributed by atoms with van der Waals surface area (Å²) in [6.45, 7) is 0.285. The maximum absolute atomic E-state index is 12.6. The molecular weight excluding hydrogens is 421 g/mol. The summed E-state index contributed by atoms with van der Waals surface area (Å²) in [6.07, 6.45) is 0. The van der Waals surface area contributed by atoms with E-state index in [0.29, 0.717) is 11.5 Å². The lowest BCUT2D eigenvalue weighted by Crippen LogP contribution is -2.13. The first-order chi connectivity index (χ1) is 13.4. The summed E-state index contributed by atoms with van der Waals surface area (Å²) in [5.74, 6) is 0.877. The van der Waals surface area contributed by atoms with Crippen molar-refractivity contribution in [3.8, 4) is 11.5 Å². The molecule has 0 heterocycles. The molecular formula is C20H17Cl2NO4S. The van der Waals surface area contributed by atoms with Gasteiger partial charge in [-0.15, -0.1) is 0 Å². The van der Waals surface area contributed by atoms with E-state index in [0.717, 1.165) is 5.56 Å². The van der Waals surface area contributed by atoms with Gasteiger partial charge in [0.2, 0.25) is 0 Å². The second kappa shape index (κ2) is 8.73. The monoisotopic (exact) mass is 437 g/mol. The number of methoxy groups -OCH3 is 1. The third-order valence-corrected chi connectivity index (χ3v) is 5.86. The van der Waals surface area contributed by atoms with Gasteiger partial charge in [-0.1, -0.05) is 53.5 Å². The fraction of sp³-hybridized carbons (Fsp3) is 0.100. The standard InChI is InChI=1S/C20H17Cl2NO4S/c1-26-15-7-9-16(10-8-15)28(24,25)23-19-12-20(18(22)11-17(19)21)27-13-14-5-3-2-4-6-14/h2-12,23H,13H2,1H3. The van der Waals surface area contributed by atoms with Gasteiger partial charge in [-0.3, -0.25) is 4.72 Å². The predicted octanol–water partition coefficient (Wildman–Crippen LogP) is 5.38. The van der Waals surface area contributed by atoms with Crippen molar-refractivity contribution in [3.05, 3.63) is 82.3 Å². The Morgan fingerprint density at radius 2 is 1.61 bits per heavy atom. The molecule has 3 aromatic rings. The van der Waals surface area contributed by atoms with Crippen LogP contribution in [0.15, 0.2) is 71.6 Å². The number of hydrogen-bond donors (Lipinski definition) is 1. The van der Waals surface area contributed by atoms with Crippen LogP contribution in [-0.4, -0.2) is 15.5 Å². The molecule has 1 N–H and O–H groups in total. The maximum Gasteiger partial charge on any atom is 0.261 e. The molecule has 0 aliphatic rings. The number of halogens is 2. The molecule has 0 aliphatic carbocycles. The lowest BCUT2D eigenvalue weighted by atomic mass is 10.2. The van der Waals surface area contributed by atoms with E-state index in [-0.39, 0.29) is 27.2 Å². The Labute approximate surface area is 173 Å². The number of hydrogen-bond acceptors (Lipinski definition) is 4. The minimum Gasteiger partial charge on any atom is -0.497 e. The van der Waals surface area contributed by atoms with Crippen LogP contribution < -0.4 is 14.2 Å². The van der Waals surface area contributed by atoms with Gasteiger partial charge in [-0.05, 0) is 35.9 Å². The summed E-state index contributed by atoms with van der Waals surface area (Å²) in [5, 5.41) is 0.447. The third kappa shape index (κ3) is 4.90. The van der Waals surface area contributed by atoms with Gasteiger partial charge in [-0.25, -0.2) is 8.42 Å². The lowest BCUT2D eigenvalue weighted by Gasteiger charge is -2.14. The van der Waals surface area contributed by atoms with Crippen LogP contribution in [0.25, 0.3) is 0 Å². The van der Waals surface area contributed by atoms with E-state index >= 15 is 0 Å². The topological polar surface area (TPSA) is 64.6 Å². The molecule has 0 radical (unpaired) electrons. The Bertz CT molecular complexity index is 1060. The van der Waals surface area contributed by atoms with Crippen molar-refractivity contribution in [2.45, 2.75) is 11.5 Å². The smallest absolute Gasteiger partial charge is 0.261 e. The summed E-state index contributed by atoms with van der Waals surface area (Å²) in [5.41, 5.74) is 1.12. The van der Waals surface area contributed by atoms with Crippen molar-refractivity contribution in [1.82, 2.24) is 0 Å². The van der Waals surface area contributed by atoms with Gasteiger partial charge in [0, 0.05) is 6.07 Å². The Kier molecular flexibility index (Phi) is 6.34. The summed E-state index contributed by atoms with van der Waals surface area (Å²) >= 11 is 12.4. The van der Waals surface area contributed by atoms with E-state index < -0.39 is 10.0 Å². The predicted molar refractivity (Wildman–Crippen MR) is 111 cm³/mol. The van der Waals surface area contributed by atoms with Crippen molar-refractivity contribution in [2.75, 3.05) is 11.8 Å². The molecule has 0 spiro atoms. The number of anilines is 1. The zero-order valence-electron chi connectivity index (χ0n) is 14.9. The molecule has 146 valence electrons. The van der Waals surface area contributed by atoms with Crippen LogP contribution in [-0.2, 0) is 16.6 Å². The number of ether oxygens (including phenoxy) is 2. The highest BCUT2D eigenvalue weighted by molar-refractivity contribution is 7.92. The van der Waals surface area contributed by atoms with Crippen LogP contribution in [0, 0.1) is 0 Å². The van der Waals surface area contributed by atoms with Crippen molar-refractivity contribution in [3.63, 3.8) is 0 Å². The van der Waals surface area contributed by atoms with Gasteiger partial charge in [0.25, 0.3) is 10.0 Å². The second-order valence-corrected chi connectivity index (χ2v) is 8.31. The zero-order chi connectivity index (χ0) is 20.1. The van der Waals surface area contributed by atoms with Crippen LogP contribution in [0.3, 0.4) is 0 Å². The van der Waals surface area contributed by atoms with Crippen LogP contribution >= 0.6 is 23.2 Å². The number of benzene rings is 3. The maximum atomic E-state index is 12.6. The molecule has 0 aromatic heterocycles. The SMILES string of the molecule is COc1ccc(S(=O)(=O)Nc2cc(OCc3ccccc3)c(Cl)cc2Cl)cc1. The highest BCUT2D eigenvalue weighted by atomic mass is 35.5. The van der Waals surface area contributed by atoms with Gasteiger partial charge >= 0.3 is 0 Å². The van der Waals surface area contributed by atoms with Gasteiger partial charge < -0.3 is 9.47 Å². The minimum atomic E-state index is -3.85. The summed E-state index contributed by atoms with van der Waals surface area (Å²) < 4.78 is 38.5. The molecule has 0 atom stereocenters. The van der Waals surface area contributed by atoms with Crippen molar-refractivity contribution >= 4 is 38.9 Å². The van der Waals surface area contributed by atoms with Gasteiger partial charge in [-0.2, -0.15) is 0 Å².